The summed E-state index contributed by atoms with van der Waals surface area (Å²) in [6.07, 6.45) is 0.342. The fraction of sp³-hybridized carbons (Fsp3) is 0.250. The van der Waals surface area contributed by atoms with Crippen molar-refractivity contribution in [2.24, 2.45) is 5.73 Å². The fourth-order valence-electron chi connectivity index (χ4n) is 1.68. The van der Waals surface area contributed by atoms with E-state index in [0.29, 0.717) is 12.0 Å². The molecule has 0 saturated heterocycles. The highest BCUT2D eigenvalue weighted by atomic mass is 32.1. The van der Waals surface area contributed by atoms with E-state index in [4.69, 9.17) is 5.73 Å². The van der Waals surface area contributed by atoms with Crippen LogP contribution in [0, 0.1) is 18.6 Å². The van der Waals surface area contributed by atoms with Gasteiger partial charge in [0.1, 0.15) is 11.6 Å². The Morgan fingerprint density at radius 1 is 1.41 bits per heavy atom. The first kappa shape index (κ1) is 12.1. The lowest BCUT2D eigenvalue weighted by Gasteiger charge is -2.11. The molecule has 17 heavy (non-hydrogen) atoms. The molecule has 1 unspecified atom stereocenters. The zero-order valence-electron chi connectivity index (χ0n) is 9.28. The quantitative estimate of drug-likeness (QED) is 0.914. The second-order valence-corrected chi connectivity index (χ2v) is 4.73. The lowest BCUT2D eigenvalue weighted by Crippen LogP contribution is -2.14. The summed E-state index contributed by atoms with van der Waals surface area (Å²) >= 11 is 1.45. The molecular weight excluding hydrogens is 242 g/mol. The lowest BCUT2D eigenvalue weighted by molar-refractivity contribution is 0.563. The second kappa shape index (κ2) is 4.89. The zero-order valence-corrected chi connectivity index (χ0v) is 10.1. The third kappa shape index (κ3) is 2.68. The van der Waals surface area contributed by atoms with E-state index in [9.17, 15) is 8.78 Å². The third-order valence-electron chi connectivity index (χ3n) is 2.57. The van der Waals surface area contributed by atoms with Gasteiger partial charge in [0.05, 0.1) is 11.2 Å². The van der Waals surface area contributed by atoms with Crippen molar-refractivity contribution in [1.82, 2.24) is 4.98 Å². The Kier molecular flexibility index (Phi) is 3.49. The molecule has 0 amide bonds. The molecule has 2 N–H and O–H groups in total. The van der Waals surface area contributed by atoms with E-state index >= 15 is 0 Å². The van der Waals surface area contributed by atoms with Crippen LogP contribution in [-0.2, 0) is 6.42 Å². The Bertz CT molecular complexity index is 525. The molecule has 1 atom stereocenters. The van der Waals surface area contributed by atoms with Gasteiger partial charge < -0.3 is 5.73 Å². The second-order valence-electron chi connectivity index (χ2n) is 3.85. The van der Waals surface area contributed by atoms with Gasteiger partial charge in [-0.05, 0) is 25.0 Å². The summed E-state index contributed by atoms with van der Waals surface area (Å²) in [6.45, 7) is 1.87. The van der Waals surface area contributed by atoms with Gasteiger partial charge in [0.2, 0.25) is 0 Å². The summed E-state index contributed by atoms with van der Waals surface area (Å²) < 4.78 is 26.2. The monoisotopic (exact) mass is 254 g/mol. The topological polar surface area (TPSA) is 38.9 Å². The molecule has 2 nitrogen and oxygen atoms in total. The van der Waals surface area contributed by atoms with Crippen LogP contribution in [0.5, 0.6) is 0 Å². The molecule has 2 aromatic rings. The van der Waals surface area contributed by atoms with Crippen molar-refractivity contribution < 1.29 is 8.78 Å². The first-order valence-electron chi connectivity index (χ1n) is 5.17. The first-order valence-corrected chi connectivity index (χ1v) is 6.05. The SMILES string of the molecule is Cc1ncsc1C(N)Cc1ccc(F)cc1F. The van der Waals surface area contributed by atoms with Crippen LogP contribution in [0.4, 0.5) is 8.78 Å². The van der Waals surface area contributed by atoms with Crippen molar-refractivity contribution in [3.05, 3.63) is 51.5 Å². The van der Waals surface area contributed by atoms with E-state index in [1.165, 1.54) is 23.5 Å². The Labute approximate surface area is 102 Å². The van der Waals surface area contributed by atoms with E-state index in [2.05, 4.69) is 4.98 Å². The van der Waals surface area contributed by atoms with Crippen molar-refractivity contribution in [1.29, 1.82) is 0 Å². The average molecular weight is 254 g/mol. The highest BCUT2D eigenvalue weighted by Crippen LogP contribution is 2.24. The summed E-state index contributed by atoms with van der Waals surface area (Å²) in [4.78, 5) is 5.04. The molecule has 90 valence electrons. The molecule has 0 aliphatic carbocycles. The highest BCUT2D eigenvalue weighted by Gasteiger charge is 2.14. The average Bonchev–Trinajstić information content (AvgIpc) is 2.68. The highest BCUT2D eigenvalue weighted by molar-refractivity contribution is 7.09. The summed E-state index contributed by atoms with van der Waals surface area (Å²) in [7, 11) is 0. The van der Waals surface area contributed by atoms with E-state index in [-0.39, 0.29) is 6.04 Å². The van der Waals surface area contributed by atoms with Crippen LogP contribution in [0.1, 0.15) is 22.2 Å². The molecule has 1 aromatic carbocycles. The maximum absolute atomic E-state index is 13.4. The van der Waals surface area contributed by atoms with E-state index in [1.807, 2.05) is 6.92 Å². The van der Waals surface area contributed by atoms with Crippen molar-refractivity contribution in [3.63, 3.8) is 0 Å². The minimum absolute atomic E-state index is 0.303. The summed E-state index contributed by atoms with van der Waals surface area (Å²) in [5, 5.41) is 0. The summed E-state index contributed by atoms with van der Waals surface area (Å²) in [5.74, 6) is -1.13. The van der Waals surface area contributed by atoms with Gasteiger partial charge in [-0.2, -0.15) is 0 Å². The van der Waals surface area contributed by atoms with Crippen molar-refractivity contribution in [2.45, 2.75) is 19.4 Å². The van der Waals surface area contributed by atoms with Gasteiger partial charge in [-0.25, -0.2) is 13.8 Å². The molecule has 5 heteroatoms. The molecule has 0 radical (unpaired) electrons. The zero-order chi connectivity index (χ0) is 12.4. The Morgan fingerprint density at radius 3 is 2.76 bits per heavy atom. The van der Waals surface area contributed by atoms with Crippen LogP contribution in [-0.4, -0.2) is 4.98 Å². The number of thiazole rings is 1. The van der Waals surface area contributed by atoms with Crippen LogP contribution in [0.15, 0.2) is 23.7 Å². The van der Waals surface area contributed by atoms with Crippen LogP contribution >= 0.6 is 11.3 Å². The summed E-state index contributed by atoms with van der Waals surface area (Å²) in [5.41, 5.74) is 8.99. The molecule has 0 fully saturated rings. The predicted octanol–water partition coefficient (Wildman–Crippen LogP) is 2.97. The van der Waals surface area contributed by atoms with Crippen LogP contribution < -0.4 is 5.73 Å². The number of rotatable bonds is 3. The fourth-order valence-corrected chi connectivity index (χ4v) is 2.49. The third-order valence-corrected chi connectivity index (χ3v) is 3.64. The predicted molar refractivity (Wildman–Crippen MR) is 63.8 cm³/mol. The Balaban J connectivity index is 2.19. The van der Waals surface area contributed by atoms with Crippen molar-refractivity contribution in [3.8, 4) is 0 Å². The smallest absolute Gasteiger partial charge is 0.129 e. The van der Waals surface area contributed by atoms with E-state index in [1.54, 1.807) is 5.51 Å². The van der Waals surface area contributed by atoms with Crippen LogP contribution in [0.2, 0.25) is 0 Å². The standard InChI is InChI=1S/C12H12F2N2S/c1-7-12(17-6-16-7)11(15)4-8-2-3-9(13)5-10(8)14/h2-3,5-6,11H,4,15H2,1H3. The van der Waals surface area contributed by atoms with Gasteiger partial charge in [0.15, 0.2) is 0 Å². The number of hydrogen-bond acceptors (Lipinski definition) is 3. The maximum atomic E-state index is 13.4. The number of nitrogens with two attached hydrogens (primary N) is 1. The molecule has 1 heterocycles. The molecule has 0 saturated carbocycles. The van der Waals surface area contributed by atoms with Crippen LogP contribution in [0.3, 0.4) is 0 Å². The molecule has 0 spiro atoms. The molecule has 1 aromatic heterocycles. The van der Waals surface area contributed by atoms with Gasteiger partial charge >= 0.3 is 0 Å². The number of aromatic nitrogens is 1. The minimum atomic E-state index is -0.575. The normalized spacial score (nSPS) is 12.7. The first-order chi connectivity index (χ1) is 8.08. The molecule has 0 aliphatic heterocycles. The van der Waals surface area contributed by atoms with Gasteiger partial charge in [-0.15, -0.1) is 11.3 Å². The van der Waals surface area contributed by atoms with Crippen LogP contribution in [0.25, 0.3) is 0 Å². The van der Waals surface area contributed by atoms with E-state index in [0.717, 1.165) is 16.6 Å². The molecular formula is C12H12F2N2S. The molecule has 2 rings (SSSR count). The van der Waals surface area contributed by atoms with Crippen molar-refractivity contribution >= 4 is 11.3 Å². The van der Waals surface area contributed by atoms with Gasteiger partial charge in [-0.3, -0.25) is 0 Å². The molecule has 0 bridgehead atoms. The van der Waals surface area contributed by atoms with Gasteiger partial charge in [0, 0.05) is 17.0 Å². The van der Waals surface area contributed by atoms with E-state index < -0.39 is 11.6 Å². The van der Waals surface area contributed by atoms with Gasteiger partial charge in [-0.1, -0.05) is 6.07 Å². The largest absolute Gasteiger partial charge is 0.323 e. The minimum Gasteiger partial charge on any atom is -0.323 e. The lowest BCUT2D eigenvalue weighted by atomic mass is 10.0. The number of halogens is 2. The maximum Gasteiger partial charge on any atom is 0.129 e. The number of benzene rings is 1. The summed E-state index contributed by atoms with van der Waals surface area (Å²) in [6, 6.07) is 3.25. The molecule has 0 aliphatic rings. The Morgan fingerprint density at radius 2 is 2.18 bits per heavy atom. The number of hydrogen-bond donors (Lipinski definition) is 1. The Hall–Kier alpha value is -1.33. The van der Waals surface area contributed by atoms with Gasteiger partial charge in [0.25, 0.3) is 0 Å². The number of nitrogens with zero attached hydrogens (tertiary/aromatic N) is 1. The van der Waals surface area contributed by atoms with Crippen molar-refractivity contribution in [2.75, 3.05) is 0 Å². The number of aryl methyl sites for hydroxylation is 1.